The average molecular weight is 318 g/mol. The maximum Gasteiger partial charge on any atom is 0.335 e. The zero-order valence-electron chi connectivity index (χ0n) is 11.5. The molecule has 0 saturated carbocycles. The van der Waals surface area contributed by atoms with Crippen LogP contribution < -0.4 is 0 Å². The number of aryl methyl sites for hydroxylation is 1. The van der Waals surface area contributed by atoms with Crippen molar-refractivity contribution >= 4 is 26.6 Å². The van der Waals surface area contributed by atoms with E-state index in [0.717, 1.165) is 0 Å². The van der Waals surface area contributed by atoms with Crippen LogP contribution in [0.4, 0.5) is 0 Å². The first-order chi connectivity index (χ1) is 9.26. The van der Waals surface area contributed by atoms with Crippen LogP contribution in [0.5, 0.6) is 0 Å². The fourth-order valence-corrected chi connectivity index (χ4v) is 4.86. The summed E-state index contributed by atoms with van der Waals surface area (Å²) in [6.45, 7) is 3.43. The van der Waals surface area contributed by atoms with Gasteiger partial charge in [0.1, 0.15) is 0 Å². The van der Waals surface area contributed by atoms with Crippen LogP contribution in [0.1, 0.15) is 29.3 Å². The second kappa shape index (κ2) is 6.99. The molecule has 0 aliphatic rings. The van der Waals surface area contributed by atoms with Crippen LogP contribution in [-0.4, -0.2) is 41.0 Å². The molecule has 0 aromatic heterocycles. The molecule has 7 heteroatoms. The third-order valence-corrected chi connectivity index (χ3v) is 6.27. The first kappa shape index (κ1) is 16.8. The van der Waals surface area contributed by atoms with Crippen LogP contribution in [0.3, 0.4) is 0 Å². The van der Waals surface area contributed by atoms with E-state index >= 15 is 0 Å². The van der Waals surface area contributed by atoms with Crippen molar-refractivity contribution in [3.05, 3.63) is 29.3 Å². The highest BCUT2D eigenvalue weighted by atomic mass is 32.2. The summed E-state index contributed by atoms with van der Waals surface area (Å²) in [5.41, 5.74) is 0.670. The first-order valence-electron chi connectivity index (χ1n) is 6.19. The molecule has 1 atom stereocenters. The van der Waals surface area contributed by atoms with E-state index in [4.69, 9.17) is 5.11 Å². The van der Waals surface area contributed by atoms with E-state index in [1.54, 1.807) is 26.0 Å². The summed E-state index contributed by atoms with van der Waals surface area (Å²) >= 11 is 0. The first-order valence-corrected chi connectivity index (χ1v) is 9.33. The molecule has 20 heavy (non-hydrogen) atoms. The Balaban J connectivity index is 2.84. The molecule has 1 aromatic carbocycles. The molecule has 1 N–H and O–H groups in total. The number of benzene rings is 1. The molecule has 0 amide bonds. The Kier molecular flexibility index (Phi) is 5.88. The lowest BCUT2D eigenvalue weighted by Gasteiger charge is -2.06. The Labute approximate surface area is 121 Å². The fraction of sp³-hybridized carbons (Fsp3) is 0.462. The van der Waals surface area contributed by atoms with Crippen molar-refractivity contribution in [2.24, 2.45) is 0 Å². The van der Waals surface area contributed by atoms with Crippen molar-refractivity contribution in [3.8, 4) is 0 Å². The molecule has 0 heterocycles. The van der Waals surface area contributed by atoms with Gasteiger partial charge in [0.2, 0.25) is 0 Å². The van der Waals surface area contributed by atoms with Crippen molar-refractivity contribution in [2.45, 2.75) is 25.2 Å². The number of rotatable bonds is 7. The van der Waals surface area contributed by atoms with Crippen molar-refractivity contribution in [3.63, 3.8) is 0 Å². The topological polar surface area (TPSA) is 88.5 Å². The van der Waals surface area contributed by atoms with Gasteiger partial charge in [0.25, 0.3) is 0 Å². The third kappa shape index (κ3) is 4.72. The maximum absolute atomic E-state index is 12.0. The third-order valence-electron chi connectivity index (χ3n) is 2.80. The molecule has 0 saturated heterocycles. The van der Waals surface area contributed by atoms with Gasteiger partial charge in [-0.05, 0) is 31.0 Å². The normalized spacial score (nSPS) is 13.1. The van der Waals surface area contributed by atoms with Crippen molar-refractivity contribution in [2.75, 3.05) is 17.3 Å². The van der Waals surface area contributed by atoms with Crippen LogP contribution in [0.25, 0.3) is 0 Å². The van der Waals surface area contributed by atoms with Crippen LogP contribution in [0.2, 0.25) is 0 Å². The zero-order valence-corrected chi connectivity index (χ0v) is 13.1. The minimum atomic E-state index is -3.18. The number of sulfone groups is 1. The lowest BCUT2D eigenvalue weighted by molar-refractivity contribution is 0.0696. The summed E-state index contributed by atoms with van der Waals surface area (Å²) < 4.78 is 35.2. The maximum atomic E-state index is 12.0. The molecular weight excluding hydrogens is 300 g/mol. The molecule has 0 aliphatic heterocycles. The smallest absolute Gasteiger partial charge is 0.335 e. The van der Waals surface area contributed by atoms with Gasteiger partial charge in [0, 0.05) is 16.4 Å². The molecular formula is C13H18O5S2. The predicted molar refractivity (Wildman–Crippen MR) is 78.4 cm³/mol. The van der Waals surface area contributed by atoms with Crippen LogP contribution in [-0.2, 0) is 20.6 Å². The van der Waals surface area contributed by atoms with Gasteiger partial charge in [0.05, 0.1) is 22.1 Å². The second-order valence-electron chi connectivity index (χ2n) is 4.48. The number of carboxylic acids is 1. The SMILES string of the molecule is CCCS(=O)(=O)CCS(=O)c1ccc(C)c(C(=O)O)c1. The molecule has 0 bridgehead atoms. The molecule has 112 valence electrons. The Morgan fingerprint density at radius 2 is 1.95 bits per heavy atom. The molecule has 1 rings (SSSR count). The summed E-state index contributed by atoms with van der Waals surface area (Å²) in [5.74, 6) is -1.16. The molecule has 0 radical (unpaired) electrons. The monoisotopic (exact) mass is 318 g/mol. The quantitative estimate of drug-likeness (QED) is 0.825. The molecule has 0 aliphatic carbocycles. The van der Waals surface area contributed by atoms with Crippen LogP contribution in [0.15, 0.2) is 23.1 Å². The lowest BCUT2D eigenvalue weighted by Crippen LogP contribution is -2.16. The van der Waals surface area contributed by atoms with E-state index < -0.39 is 26.6 Å². The van der Waals surface area contributed by atoms with Crippen LogP contribution >= 0.6 is 0 Å². The minimum Gasteiger partial charge on any atom is -0.478 e. The highest BCUT2D eigenvalue weighted by Gasteiger charge is 2.15. The number of carboxylic acid groups (broad SMARTS) is 1. The number of carbonyl (C=O) groups is 1. The summed E-state index contributed by atoms with van der Waals surface area (Å²) in [6, 6.07) is 4.50. The van der Waals surface area contributed by atoms with Gasteiger partial charge in [-0.15, -0.1) is 0 Å². The highest BCUT2D eigenvalue weighted by Crippen LogP contribution is 2.15. The summed E-state index contributed by atoms with van der Waals surface area (Å²) in [6.07, 6.45) is 0.530. The van der Waals surface area contributed by atoms with E-state index in [2.05, 4.69) is 0 Å². The lowest BCUT2D eigenvalue weighted by atomic mass is 10.1. The highest BCUT2D eigenvalue weighted by molar-refractivity contribution is 7.93. The Morgan fingerprint density at radius 1 is 1.30 bits per heavy atom. The van der Waals surface area contributed by atoms with Gasteiger partial charge in [-0.2, -0.15) is 0 Å². The Hall–Kier alpha value is -1.21. The molecule has 0 spiro atoms. The summed E-state index contributed by atoms with van der Waals surface area (Å²) in [5, 5.41) is 9.01. The van der Waals surface area contributed by atoms with Gasteiger partial charge in [-0.25, -0.2) is 13.2 Å². The fourth-order valence-electron chi connectivity index (χ4n) is 1.71. The second-order valence-corrected chi connectivity index (χ2v) is 8.36. The standard InChI is InChI=1S/C13H18O5S2/c1-3-7-20(17,18)8-6-19(16)11-5-4-10(2)12(9-11)13(14)15/h4-5,9H,3,6-8H2,1-2H3,(H,14,15). The van der Waals surface area contributed by atoms with Crippen LogP contribution in [0, 0.1) is 6.92 Å². The molecule has 0 fully saturated rings. The number of hydrogen-bond acceptors (Lipinski definition) is 4. The zero-order chi connectivity index (χ0) is 15.3. The average Bonchev–Trinajstić information content (AvgIpc) is 2.36. The Morgan fingerprint density at radius 3 is 2.50 bits per heavy atom. The summed E-state index contributed by atoms with van der Waals surface area (Å²) in [4.78, 5) is 11.4. The van der Waals surface area contributed by atoms with E-state index in [0.29, 0.717) is 16.9 Å². The predicted octanol–water partition coefficient (Wildman–Crippen LogP) is 1.63. The molecule has 1 aromatic rings. The molecule has 1 unspecified atom stereocenters. The van der Waals surface area contributed by atoms with Gasteiger partial charge in [-0.1, -0.05) is 13.0 Å². The minimum absolute atomic E-state index is 0.00947. The number of hydrogen-bond donors (Lipinski definition) is 1. The molecule has 5 nitrogen and oxygen atoms in total. The summed E-state index contributed by atoms with van der Waals surface area (Å²) in [7, 11) is -4.69. The van der Waals surface area contributed by atoms with E-state index in [1.807, 2.05) is 0 Å². The largest absolute Gasteiger partial charge is 0.478 e. The van der Waals surface area contributed by atoms with Gasteiger partial charge >= 0.3 is 5.97 Å². The van der Waals surface area contributed by atoms with Gasteiger partial charge in [-0.3, -0.25) is 4.21 Å². The van der Waals surface area contributed by atoms with Crippen molar-refractivity contribution < 1.29 is 22.5 Å². The Bertz CT molecular complexity index is 620. The van der Waals surface area contributed by atoms with Crippen molar-refractivity contribution in [1.29, 1.82) is 0 Å². The van der Waals surface area contributed by atoms with Gasteiger partial charge < -0.3 is 5.11 Å². The van der Waals surface area contributed by atoms with E-state index in [-0.39, 0.29) is 22.8 Å². The van der Waals surface area contributed by atoms with E-state index in [1.165, 1.54) is 6.07 Å². The van der Waals surface area contributed by atoms with E-state index in [9.17, 15) is 17.4 Å². The number of aromatic carboxylic acids is 1. The van der Waals surface area contributed by atoms with Gasteiger partial charge in [0.15, 0.2) is 9.84 Å². The van der Waals surface area contributed by atoms with Crippen molar-refractivity contribution in [1.82, 2.24) is 0 Å².